The zero-order valence-electron chi connectivity index (χ0n) is 14.7. The number of hydrogen-bond donors (Lipinski definition) is 0. The molecule has 3 heterocycles. The molecule has 0 aromatic carbocycles. The van der Waals surface area contributed by atoms with Gasteiger partial charge in [0.05, 0.1) is 31.4 Å². The molecule has 0 radical (unpaired) electrons. The van der Waals surface area contributed by atoms with E-state index in [4.69, 9.17) is 9.47 Å². The van der Waals surface area contributed by atoms with Gasteiger partial charge in [-0.05, 0) is 33.7 Å². The van der Waals surface area contributed by atoms with Crippen molar-refractivity contribution in [3.63, 3.8) is 0 Å². The molecule has 0 saturated carbocycles. The van der Waals surface area contributed by atoms with E-state index in [-0.39, 0.29) is 17.6 Å². The molecule has 134 valence electrons. The van der Waals surface area contributed by atoms with Gasteiger partial charge in [-0.1, -0.05) is 0 Å². The summed E-state index contributed by atoms with van der Waals surface area (Å²) < 4.78 is 12.2. The minimum atomic E-state index is -0.370. The van der Waals surface area contributed by atoms with E-state index in [0.717, 1.165) is 19.4 Å². The molecule has 24 heavy (non-hydrogen) atoms. The van der Waals surface area contributed by atoms with Crippen LogP contribution < -0.4 is 0 Å². The van der Waals surface area contributed by atoms with Crippen molar-refractivity contribution in [3.05, 3.63) is 16.6 Å². The van der Waals surface area contributed by atoms with Crippen LogP contribution in [0.4, 0.5) is 0 Å². The fourth-order valence-corrected chi connectivity index (χ4v) is 3.86. The first-order valence-corrected chi connectivity index (χ1v) is 9.57. The second-order valence-electron chi connectivity index (χ2n) is 7.15. The van der Waals surface area contributed by atoms with Crippen LogP contribution in [0.15, 0.2) is 10.9 Å². The standard InChI is InChI=1S/C17H27N3O3S/c1-13(2)19(3)8-14-4-5-17(23-14)10-20(6-7-22-11-17)16(21)15-9-24-12-18-15/h9,12-14H,4-8,10-11H2,1-3H3/t14-,17+/m1/s1. The van der Waals surface area contributed by atoms with E-state index >= 15 is 0 Å². The molecule has 1 aromatic rings. The normalized spacial score (nSPS) is 28.0. The monoisotopic (exact) mass is 353 g/mol. The van der Waals surface area contributed by atoms with E-state index in [9.17, 15) is 4.79 Å². The maximum Gasteiger partial charge on any atom is 0.273 e. The second-order valence-corrected chi connectivity index (χ2v) is 7.87. The lowest BCUT2D eigenvalue weighted by Crippen LogP contribution is -2.47. The lowest BCUT2D eigenvalue weighted by atomic mass is 10.00. The zero-order valence-corrected chi connectivity index (χ0v) is 15.6. The van der Waals surface area contributed by atoms with Gasteiger partial charge in [-0.2, -0.15) is 0 Å². The Morgan fingerprint density at radius 2 is 2.42 bits per heavy atom. The molecule has 1 spiro atoms. The highest BCUT2D eigenvalue weighted by molar-refractivity contribution is 7.07. The third-order valence-electron chi connectivity index (χ3n) is 5.00. The van der Waals surface area contributed by atoms with Gasteiger partial charge in [-0.3, -0.25) is 4.79 Å². The van der Waals surface area contributed by atoms with Gasteiger partial charge in [0.2, 0.25) is 0 Å². The highest BCUT2D eigenvalue weighted by Crippen LogP contribution is 2.33. The number of carbonyl (C=O) groups excluding carboxylic acids is 1. The number of ether oxygens (including phenoxy) is 2. The second kappa shape index (κ2) is 7.47. The Balaban J connectivity index is 1.65. The van der Waals surface area contributed by atoms with Gasteiger partial charge in [-0.25, -0.2) is 4.98 Å². The van der Waals surface area contributed by atoms with Crippen molar-refractivity contribution >= 4 is 17.2 Å². The molecule has 2 fully saturated rings. The van der Waals surface area contributed by atoms with E-state index in [1.807, 2.05) is 4.90 Å². The molecule has 1 amide bonds. The van der Waals surface area contributed by atoms with Crippen LogP contribution in [0.5, 0.6) is 0 Å². The average molecular weight is 353 g/mol. The van der Waals surface area contributed by atoms with Crippen LogP contribution >= 0.6 is 11.3 Å². The third kappa shape index (κ3) is 3.96. The molecule has 1 aromatic heterocycles. The van der Waals surface area contributed by atoms with Crippen LogP contribution in [-0.4, -0.2) is 78.3 Å². The summed E-state index contributed by atoms with van der Waals surface area (Å²) in [4.78, 5) is 21.0. The van der Waals surface area contributed by atoms with Gasteiger partial charge in [0.1, 0.15) is 11.3 Å². The smallest absolute Gasteiger partial charge is 0.273 e. The van der Waals surface area contributed by atoms with Crippen molar-refractivity contribution in [2.75, 3.05) is 39.9 Å². The average Bonchev–Trinajstić information content (AvgIpc) is 3.15. The van der Waals surface area contributed by atoms with Gasteiger partial charge in [-0.15, -0.1) is 11.3 Å². The fourth-order valence-electron chi connectivity index (χ4n) is 3.34. The van der Waals surface area contributed by atoms with Crippen LogP contribution in [0.1, 0.15) is 37.2 Å². The van der Waals surface area contributed by atoms with Crippen LogP contribution in [0, 0.1) is 0 Å². The van der Waals surface area contributed by atoms with E-state index < -0.39 is 0 Å². The Kier molecular flexibility index (Phi) is 5.54. The van der Waals surface area contributed by atoms with Crippen molar-refractivity contribution in [3.8, 4) is 0 Å². The molecule has 2 aliphatic heterocycles. The van der Waals surface area contributed by atoms with Gasteiger partial charge < -0.3 is 19.3 Å². The number of hydrogen-bond acceptors (Lipinski definition) is 6. The van der Waals surface area contributed by atoms with Crippen molar-refractivity contribution in [2.45, 2.75) is 44.4 Å². The van der Waals surface area contributed by atoms with Crippen LogP contribution in [0.25, 0.3) is 0 Å². The van der Waals surface area contributed by atoms with E-state index in [2.05, 4.69) is 30.8 Å². The molecule has 7 heteroatoms. The lowest BCUT2D eigenvalue weighted by molar-refractivity contribution is -0.0901. The number of amides is 1. The minimum absolute atomic E-state index is 0.0209. The highest BCUT2D eigenvalue weighted by Gasteiger charge is 2.44. The van der Waals surface area contributed by atoms with Gasteiger partial charge in [0, 0.05) is 24.5 Å². The number of thiazole rings is 1. The van der Waals surface area contributed by atoms with Gasteiger partial charge in [0.15, 0.2) is 0 Å². The molecule has 2 saturated heterocycles. The molecule has 0 bridgehead atoms. The molecular formula is C17H27N3O3S. The summed E-state index contributed by atoms with van der Waals surface area (Å²) in [6.45, 7) is 7.59. The zero-order chi connectivity index (χ0) is 17.2. The predicted molar refractivity (Wildman–Crippen MR) is 93.4 cm³/mol. The number of nitrogens with zero attached hydrogens (tertiary/aromatic N) is 3. The molecule has 6 nitrogen and oxygen atoms in total. The predicted octanol–water partition coefficient (Wildman–Crippen LogP) is 1.87. The first-order valence-electron chi connectivity index (χ1n) is 8.62. The molecule has 2 aliphatic rings. The van der Waals surface area contributed by atoms with E-state index in [1.54, 1.807) is 10.9 Å². The quantitative estimate of drug-likeness (QED) is 0.827. The highest BCUT2D eigenvalue weighted by atomic mass is 32.1. The number of aromatic nitrogens is 1. The van der Waals surface area contributed by atoms with E-state index in [1.165, 1.54) is 11.3 Å². The first kappa shape index (κ1) is 17.8. The fraction of sp³-hybridized carbons (Fsp3) is 0.765. The minimum Gasteiger partial charge on any atom is -0.377 e. The first-order chi connectivity index (χ1) is 11.5. The lowest BCUT2D eigenvalue weighted by Gasteiger charge is -2.32. The molecule has 2 atom stereocenters. The SMILES string of the molecule is CC(C)N(C)C[C@H]1CC[C@]2(COCCN(C(=O)c3cscn3)C2)O1. The van der Waals surface area contributed by atoms with Gasteiger partial charge in [0.25, 0.3) is 5.91 Å². The maximum absolute atomic E-state index is 12.7. The van der Waals surface area contributed by atoms with Gasteiger partial charge >= 0.3 is 0 Å². The molecule has 0 aliphatic carbocycles. The Morgan fingerprint density at radius 3 is 3.12 bits per heavy atom. The Labute approximate surface area is 147 Å². The Bertz CT molecular complexity index is 551. The molecule has 3 rings (SSSR count). The maximum atomic E-state index is 12.7. The summed E-state index contributed by atoms with van der Waals surface area (Å²) in [5, 5.41) is 1.80. The third-order valence-corrected chi connectivity index (χ3v) is 5.59. The van der Waals surface area contributed by atoms with Crippen LogP contribution in [-0.2, 0) is 9.47 Å². The summed E-state index contributed by atoms with van der Waals surface area (Å²) in [5.74, 6) is -0.0209. The number of carbonyl (C=O) groups is 1. The van der Waals surface area contributed by atoms with Crippen molar-refractivity contribution in [1.82, 2.24) is 14.8 Å². The Morgan fingerprint density at radius 1 is 1.58 bits per heavy atom. The number of likely N-dealkylation sites (N-methyl/N-ethyl adjacent to an activating group) is 1. The summed E-state index contributed by atoms with van der Waals surface area (Å²) in [6, 6.07) is 0.498. The molecule has 0 N–H and O–H groups in total. The molecular weight excluding hydrogens is 326 g/mol. The summed E-state index contributed by atoms with van der Waals surface area (Å²) in [7, 11) is 2.13. The van der Waals surface area contributed by atoms with Crippen molar-refractivity contribution in [1.29, 1.82) is 0 Å². The summed E-state index contributed by atoms with van der Waals surface area (Å²) >= 11 is 1.44. The Hall–Kier alpha value is -1.02. The van der Waals surface area contributed by atoms with E-state index in [0.29, 0.717) is 38.0 Å². The molecule has 0 unspecified atom stereocenters. The summed E-state index contributed by atoms with van der Waals surface area (Å²) in [6.07, 6.45) is 2.15. The topological polar surface area (TPSA) is 54.9 Å². The number of rotatable bonds is 4. The largest absolute Gasteiger partial charge is 0.377 e. The van der Waals surface area contributed by atoms with Crippen LogP contribution in [0.3, 0.4) is 0 Å². The van der Waals surface area contributed by atoms with Crippen molar-refractivity contribution < 1.29 is 14.3 Å². The summed E-state index contributed by atoms with van der Waals surface area (Å²) in [5.41, 5.74) is 1.84. The van der Waals surface area contributed by atoms with Crippen LogP contribution in [0.2, 0.25) is 0 Å². The van der Waals surface area contributed by atoms with Crippen molar-refractivity contribution in [2.24, 2.45) is 0 Å².